The molecule has 0 bridgehead atoms. The van der Waals surface area contributed by atoms with Crippen LogP contribution in [-0.2, 0) is 21.9 Å². The second kappa shape index (κ2) is 8.47. The summed E-state index contributed by atoms with van der Waals surface area (Å²) in [6.07, 6.45) is 4.10. The van der Waals surface area contributed by atoms with E-state index in [1.807, 2.05) is 13.8 Å². The zero-order valence-electron chi connectivity index (χ0n) is 13.0. The van der Waals surface area contributed by atoms with Crippen molar-refractivity contribution in [2.45, 2.75) is 37.3 Å². The Hall–Kier alpha value is -1.16. The Morgan fingerprint density at radius 2 is 2.00 bits per heavy atom. The molecule has 0 fully saturated rings. The first-order chi connectivity index (χ1) is 9.78. The number of nitrogens with two attached hydrogens (primary N) is 1. The monoisotopic (exact) mass is 353 g/mol. The molecule has 0 unspecified atom stereocenters. The van der Waals surface area contributed by atoms with Crippen LogP contribution < -0.4 is 15.8 Å². The molecule has 1 amide bonds. The maximum absolute atomic E-state index is 11.9. The minimum atomic E-state index is -3.78. The van der Waals surface area contributed by atoms with Crippen molar-refractivity contribution in [1.82, 2.24) is 19.6 Å². The molecule has 1 rings (SSSR count). The highest BCUT2D eigenvalue weighted by Crippen LogP contribution is 2.12. The molecule has 0 aromatic carbocycles. The van der Waals surface area contributed by atoms with Crippen LogP contribution in [0.25, 0.3) is 0 Å². The number of sulfonamides is 1. The van der Waals surface area contributed by atoms with Crippen molar-refractivity contribution < 1.29 is 13.2 Å². The molecule has 22 heavy (non-hydrogen) atoms. The third-order valence-corrected chi connectivity index (χ3v) is 4.81. The number of rotatable bonds is 8. The van der Waals surface area contributed by atoms with Crippen molar-refractivity contribution in [1.29, 1.82) is 0 Å². The number of imidazole rings is 1. The van der Waals surface area contributed by atoms with Gasteiger partial charge in [-0.05, 0) is 12.8 Å². The molecule has 0 saturated carbocycles. The molecule has 1 heterocycles. The molecule has 0 spiro atoms. The van der Waals surface area contributed by atoms with Crippen LogP contribution in [0.2, 0.25) is 0 Å². The Balaban J connectivity index is 0.00000441. The maximum atomic E-state index is 11.9. The van der Waals surface area contributed by atoms with Gasteiger partial charge in [0.1, 0.15) is 0 Å². The maximum Gasteiger partial charge on any atom is 0.260 e. The van der Waals surface area contributed by atoms with Crippen LogP contribution in [0, 0.1) is 0 Å². The van der Waals surface area contributed by atoms with E-state index in [1.54, 1.807) is 7.05 Å². The van der Waals surface area contributed by atoms with Crippen LogP contribution in [0.4, 0.5) is 0 Å². The Morgan fingerprint density at radius 1 is 1.41 bits per heavy atom. The van der Waals surface area contributed by atoms with Crippen LogP contribution in [0.5, 0.6) is 0 Å². The fourth-order valence-electron chi connectivity index (χ4n) is 1.87. The highest BCUT2D eigenvalue weighted by Gasteiger charge is 2.27. The van der Waals surface area contributed by atoms with E-state index in [0.717, 1.165) is 0 Å². The number of aromatic nitrogens is 2. The number of hydrogen-bond donors (Lipinski definition) is 3. The van der Waals surface area contributed by atoms with Crippen molar-refractivity contribution in [2.75, 3.05) is 13.1 Å². The first-order valence-electron chi connectivity index (χ1n) is 6.77. The summed E-state index contributed by atoms with van der Waals surface area (Å²) in [6, 6.07) is 0. The van der Waals surface area contributed by atoms with Crippen molar-refractivity contribution in [3.8, 4) is 0 Å². The number of aryl methyl sites for hydroxylation is 1. The topological polar surface area (TPSA) is 119 Å². The summed E-state index contributed by atoms with van der Waals surface area (Å²) in [4.78, 5) is 15.6. The molecule has 0 aliphatic heterocycles. The lowest BCUT2D eigenvalue weighted by Crippen LogP contribution is -2.55. The quantitative estimate of drug-likeness (QED) is 0.595. The van der Waals surface area contributed by atoms with Gasteiger partial charge >= 0.3 is 0 Å². The van der Waals surface area contributed by atoms with Gasteiger partial charge in [-0.2, -0.15) is 0 Å². The average molecular weight is 354 g/mol. The summed E-state index contributed by atoms with van der Waals surface area (Å²) in [5, 5.41) is 2.68. The summed E-state index contributed by atoms with van der Waals surface area (Å²) in [7, 11) is -2.12. The molecule has 0 atom stereocenters. The van der Waals surface area contributed by atoms with Crippen molar-refractivity contribution in [3.05, 3.63) is 12.5 Å². The van der Waals surface area contributed by atoms with E-state index in [4.69, 9.17) is 5.73 Å². The van der Waals surface area contributed by atoms with Crippen LogP contribution in [0.3, 0.4) is 0 Å². The summed E-state index contributed by atoms with van der Waals surface area (Å²) < 4.78 is 27.6. The number of nitrogens with zero attached hydrogens (tertiary/aromatic N) is 2. The molecule has 10 heteroatoms. The van der Waals surface area contributed by atoms with Gasteiger partial charge in [0.15, 0.2) is 5.03 Å². The van der Waals surface area contributed by atoms with Crippen molar-refractivity contribution in [2.24, 2.45) is 12.8 Å². The van der Waals surface area contributed by atoms with E-state index in [0.29, 0.717) is 19.4 Å². The lowest BCUT2D eigenvalue weighted by molar-refractivity contribution is -0.121. The SMILES string of the molecule is CCC(CC)(CN)NC(=O)CNS(=O)(=O)c1cn(C)cn1.Cl. The molecule has 0 saturated heterocycles. The Kier molecular flexibility index (Phi) is 8.02. The predicted molar refractivity (Wildman–Crippen MR) is 86.2 cm³/mol. The molecule has 128 valence electrons. The van der Waals surface area contributed by atoms with Gasteiger partial charge in [0, 0.05) is 19.8 Å². The summed E-state index contributed by atoms with van der Waals surface area (Å²) in [5.41, 5.74) is 5.19. The number of amides is 1. The normalized spacial score (nSPS) is 11.8. The Morgan fingerprint density at radius 3 is 2.41 bits per heavy atom. The number of carbonyl (C=O) groups is 1. The molecule has 4 N–H and O–H groups in total. The summed E-state index contributed by atoms with van der Waals surface area (Å²) in [6.45, 7) is 3.81. The second-order valence-electron chi connectivity index (χ2n) is 4.94. The van der Waals surface area contributed by atoms with Gasteiger partial charge in [0.25, 0.3) is 10.0 Å². The number of hydrogen-bond acceptors (Lipinski definition) is 5. The first kappa shape index (κ1) is 20.8. The Bertz CT molecular complexity index is 575. The van der Waals surface area contributed by atoms with Gasteiger partial charge in [-0.3, -0.25) is 4.79 Å². The predicted octanol–water partition coefficient (Wildman–Crippen LogP) is -0.246. The smallest absolute Gasteiger partial charge is 0.260 e. The second-order valence-corrected chi connectivity index (χ2v) is 6.66. The largest absolute Gasteiger partial charge is 0.348 e. The van der Waals surface area contributed by atoms with Crippen LogP contribution >= 0.6 is 12.4 Å². The third kappa shape index (κ3) is 5.24. The molecule has 0 aliphatic carbocycles. The highest BCUT2D eigenvalue weighted by atomic mass is 35.5. The average Bonchev–Trinajstić information content (AvgIpc) is 2.90. The molecular formula is C12H24ClN5O3S. The van der Waals surface area contributed by atoms with E-state index in [-0.39, 0.29) is 24.0 Å². The van der Waals surface area contributed by atoms with E-state index < -0.39 is 21.5 Å². The van der Waals surface area contributed by atoms with E-state index in [2.05, 4.69) is 15.0 Å². The molecule has 1 aromatic rings. The number of nitrogens with one attached hydrogen (secondary N) is 2. The number of halogens is 1. The first-order valence-corrected chi connectivity index (χ1v) is 8.25. The van der Waals surface area contributed by atoms with Crippen LogP contribution in [-0.4, -0.2) is 42.5 Å². The minimum Gasteiger partial charge on any atom is -0.348 e. The lowest BCUT2D eigenvalue weighted by Gasteiger charge is -2.31. The van der Waals surface area contributed by atoms with Crippen molar-refractivity contribution >= 4 is 28.3 Å². The highest BCUT2D eigenvalue weighted by molar-refractivity contribution is 7.89. The van der Waals surface area contributed by atoms with Crippen molar-refractivity contribution in [3.63, 3.8) is 0 Å². The molecule has 0 aliphatic rings. The zero-order valence-corrected chi connectivity index (χ0v) is 14.6. The van der Waals surface area contributed by atoms with Gasteiger partial charge < -0.3 is 15.6 Å². The van der Waals surface area contributed by atoms with Gasteiger partial charge in [0.2, 0.25) is 5.91 Å². The Labute approximate surface area is 137 Å². The minimum absolute atomic E-state index is 0. The third-order valence-electron chi connectivity index (χ3n) is 3.53. The summed E-state index contributed by atoms with van der Waals surface area (Å²) >= 11 is 0. The molecule has 0 radical (unpaired) electrons. The van der Waals surface area contributed by atoms with E-state index >= 15 is 0 Å². The van der Waals surface area contributed by atoms with Gasteiger partial charge in [-0.25, -0.2) is 18.1 Å². The van der Waals surface area contributed by atoms with E-state index in [1.165, 1.54) is 17.1 Å². The standard InChI is InChI=1S/C12H23N5O3S.ClH/c1-4-12(5-2,8-13)16-10(18)6-15-21(19,20)11-7-17(3)9-14-11;/h7,9,15H,4-6,8,13H2,1-3H3,(H,16,18);1H. The van der Waals surface area contributed by atoms with Crippen LogP contribution in [0.15, 0.2) is 17.6 Å². The van der Waals surface area contributed by atoms with Gasteiger partial charge in [0.05, 0.1) is 18.4 Å². The van der Waals surface area contributed by atoms with E-state index in [9.17, 15) is 13.2 Å². The van der Waals surface area contributed by atoms with Gasteiger partial charge in [-0.15, -0.1) is 12.4 Å². The zero-order chi connectivity index (χ0) is 16.1. The number of carbonyl (C=O) groups excluding carboxylic acids is 1. The fourth-order valence-corrected chi connectivity index (χ4v) is 2.83. The molecule has 1 aromatic heterocycles. The molecule has 8 nitrogen and oxygen atoms in total. The molecular weight excluding hydrogens is 330 g/mol. The lowest BCUT2D eigenvalue weighted by atomic mass is 9.93. The van der Waals surface area contributed by atoms with Crippen LogP contribution in [0.1, 0.15) is 26.7 Å². The summed E-state index contributed by atoms with van der Waals surface area (Å²) in [5.74, 6) is -0.413. The van der Waals surface area contributed by atoms with Gasteiger partial charge in [-0.1, -0.05) is 13.8 Å². The fraction of sp³-hybridized carbons (Fsp3) is 0.667.